The lowest BCUT2D eigenvalue weighted by Crippen LogP contribution is -2.45. The van der Waals surface area contributed by atoms with E-state index in [1.54, 1.807) is 13.8 Å². The summed E-state index contributed by atoms with van der Waals surface area (Å²) in [5, 5.41) is 7.48. The number of amides is 2. The normalized spacial score (nSPS) is 17.2. The molecule has 0 radical (unpaired) electrons. The Morgan fingerprint density at radius 3 is 2.71 bits per heavy atom. The van der Waals surface area contributed by atoms with E-state index in [9.17, 15) is 9.59 Å². The van der Waals surface area contributed by atoms with Crippen molar-refractivity contribution in [3.05, 3.63) is 57.9 Å². The Labute approximate surface area is 144 Å². The Morgan fingerprint density at radius 2 is 2.00 bits per heavy atom. The van der Waals surface area contributed by atoms with Gasteiger partial charge in [-0.05, 0) is 36.4 Å². The molecule has 24 heavy (non-hydrogen) atoms. The molecule has 1 unspecified atom stereocenters. The van der Waals surface area contributed by atoms with Crippen molar-refractivity contribution in [3.63, 3.8) is 0 Å². The molecule has 0 saturated heterocycles. The largest absolute Gasteiger partial charge is 0.463 e. The highest BCUT2D eigenvalue weighted by molar-refractivity contribution is 7.10. The number of hydrogen-bond donors (Lipinski definition) is 2. The third-order valence-electron chi connectivity index (χ3n) is 3.78. The molecule has 5 nitrogen and oxygen atoms in total. The maximum Gasteiger partial charge on any atom is 0.338 e. The van der Waals surface area contributed by atoms with Gasteiger partial charge in [0, 0.05) is 10.6 Å². The minimum Gasteiger partial charge on any atom is -0.463 e. The first kappa shape index (κ1) is 16.3. The van der Waals surface area contributed by atoms with E-state index in [1.807, 2.05) is 41.8 Å². The van der Waals surface area contributed by atoms with Gasteiger partial charge in [-0.2, -0.15) is 0 Å². The van der Waals surface area contributed by atoms with Crippen molar-refractivity contribution in [3.8, 4) is 11.1 Å². The van der Waals surface area contributed by atoms with Crippen LogP contribution in [0.5, 0.6) is 0 Å². The topological polar surface area (TPSA) is 67.4 Å². The summed E-state index contributed by atoms with van der Waals surface area (Å²) in [4.78, 5) is 25.1. The van der Waals surface area contributed by atoms with Crippen molar-refractivity contribution >= 4 is 23.3 Å². The van der Waals surface area contributed by atoms with Crippen molar-refractivity contribution in [2.24, 2.45) is 0 Å². The number of rotatable bonds is 4. The zero-order valence-electron chi connectivity index (χ0n) is 13.5. The van der Waals surface area contributed by atoms with E-state index in [0.29, 0.717) is 11.3 Å². The van der Waals surface area contributed by atoms with Crippen LogP contribution in [0.1, 0.15) is 24.8 Å². The SMILES string of the molecule is CCOC(=O)C1=C(C)NC(=O)NC1c1cc(-c2ccccc2)cs1. The average Bonchev–Trinajstić information content (AvgIpc) is 3.05. The number of allylic oxidation sites excluding steroid dienone is 1. The van der Waals surface area contributed by atoms with Crippen LogP contribution in [0.4, 0.5) is 4.79 Å². The van der Waals surface area contributed by atoms with Gasteiger partial charge in [0.2, 0.25) is 0 Å². The van der Waals surface area contributed by atoms with Gasteiger partial charge >= 0.3 is 12.0 Å². The molecular weight excluding hydrogens is 324 g/mol. The molecule has 2 heterocycles. The number of carbonyl (C=O) groups excluding carboxylic acids is 2. The summed E-state index contributed by atoms with van der Waals surface area (Å²) in [6, 6.07) is 11.2. The fourth-order valence-electron chi connectivity index (χ4n) is 2.67. The van der Waals surface area contributed by atoms with Gasteiger partial charge in [0.25, 0.3) is 0 Å². The highest BCUT2D eigenvalue weighted by Gasteiger charge is 2.33. The van der Waals surface area contributed by atoms with Crippen molar-refractivity contribution in [2.75, 3.05) is 6.61 Å². The minimum atomic E-state index is -0.500. The van der Waals surface area contributed by atoms with E-state index < -0.39 is 12.0 Å². The van der Waals surface area contributed by atoms with Gasteiger partial charge in [-0.15, -0.1) is 11.3 Å². The van der Waals surface area contributed by atoms with Crippen LogP contribution in [0.25, 0.3) is 11.1 Å². The molecule has 1 atom stereocenters. The summed E-state index contributed by atoms with van der Waals surface area (Å²) in [5.41, 5.74) is 3.12. The fourth-order valence-corrected chi connectivity index (χ4v) is 3.65. The Hall–Kier alpha value is -2.60. The van der Waals surface area contributed by atoms with Gasteiger partial charge in [-0.1, -0.05) is 30.3 Å². The third kappa shape index (κ3) is 3.19. The number of urea groups is 1. The number of hydrogen-bond acceptors (Lipinski definition) is 4. The fraction of sp³-hybridized carbons (Fsp3) is 0.222. The molecular formula is C18H18N2O3S. The maximum atomic E-state index is 12.3. The first-order chi connectivity index (χ1) is 11.6. The lowest BCUT2D eigenvalue weighted by Gasteiger charge is -2.27. The molecule has 0 spiro atoms. The molecule has 1 aliphatic rings. The highest BCUT2D eigenvalue weighted by Crippen LogP contribution is 2.34. The van der Waals surface area contributed by atoms with Crippen LogP contribution in [-0.4, -0.2) is 18.6 Å². The van der Waals surface area contributed by atoms with E-state index in [1.165, 1.54) is 11.3 Å². The summed E-state index contributed by atoms with van der Waals surface area (Å²) in [6.07, 6.45) is 0. The lowest BCUT2D eigenvalue weighted by atomic mass is 10.00. The van der Waals surface area contributed by atoms with E-state index in [2.05, 4.69) is 10.6 Å². The molecule has 1 aromatic carbocycles. The van der Waals surface area contributed by atoms with Gasteiger partial charge in [-0.25, -0.2) is 9.59 Å². The van der Waals surface area contributed by atoms with E-state index in [4.69, 9.17) is 4.74 Å². The second-order valence-corrected chi connectivity index (χ2v) is 6.34. The van der Waals surface area contributed by atoms with Gasteiger partial charge in [-0.3, -0.25) is 0 Å². The van der Waals surface area contributed by atoms with Crippen molar-refractivity contribution in [1.29, 1.82) is 0 Å². The Kier molecular flexibility index (Phi) is 4.66. The van der Waals surface area contributed by atoms with Crippen LogP contribution < -0.4 is 10.6 Å². The average molecular weight is 342 g/mol. The van der Waals surface area contributed by atoms with Gasteiger partial charge in [0.1, 0.15) is 0 Å². The molecule has 1 aromatic heterocycles. The predicted octanol–water partition coefficient (Wildman–Crippen LogP) is 3.61. The monoisotopic (exact) mass is 342 g/mol. The molecule has 1 aliphatic heterocycles. The van der Waals surface area contributed by atoms with Crippen LogP contribution in [0.2, 0.25) is 0 Å². The zero-order chi connectivity index (χ0) is 17.1. The second-order valence-electron chi connectivity index (χ2n) is 5.39. The summed E-state index contributed by atoms with van der Waals surface area (Å²) in [5.74, 6) is -0.415. The van der Waals surface area contributed by atoms with Gasteiger partial charge in [0.15, 0.2) is 0 Å². The Morgan fingerprint density at radius 1 is 1.25 bits per heavy atom. The predicted molar refractivity (Wildman–Crippen MR) is 93.5 cm³/mol. The molecule has 0 bridgehead atoms. The molecule has 0 aliphatic carbocycles. The van der Waals surface area contributed by atoms with Gasteiger partial charge in [0.05, 0.1) is 18.2 Å². The molecule has 3 rings (SSSR count). The van der Waals surface area contributed by atoms with Crippen LogP contribution in [0, 0.1) is 0 Å². The van der Waals surface area contributed by atoms with Gasteiger partial charge < -0.3 is 15.4 Å². The maximum absolute atomic E-state index is 12.3. The second kappa shape index (κ2) is 6.88. The van der Waals surface area contributed by atoms with E-state index in [-0.39, 0.29) is 12.6 Å². The van der Waals surface area contributed by atoms with E-state index >= 15 is 0 Å². The minimum absolute atomic E-state index is 0.288. The van der Waals surface area contributed by atoms with Crippen LogP contribution in [-0.2, 0) is 9.53 Å². The first-order valence-electron chi connectivity index (χ1n) is 7.69. The third-order valence-corrected chi connectivity index (χ3v) is 4.77. The van der Waals surface area contributed by atoms with Crippen LogP contribution in [0.3, 0.4) is 0 Å². The first-order valence-corrected chi connectivity index (χ1v) is 8.57. The smallest absolute Gasteiger partial charge is 0.338 e. The summed E-state index contributed by atoms with van der Waals surface area (Å²) >= 11 is 1.51. The molecule has 2 aromatic rings. The quantitative estimate of drug-likeness (QED) is 0.834. The number of ether oxygens (including phenoxy) is 1. The zero-order valence-corrected chi connectivity index (χ0v) is 14.3. The molecule has 124 valence electrons. The summed E-state index contributed by atoms with van der Waals surface area (Å²) in [7, 11) is 0. The van der Waals surface area contributed by atoms with Crippen molar-refractivity contribution in [1.82, 2.24) is 10.6 Å². The molecule has 2 N–H and O–H groups in total. The number of carbonyl (C=O) groups is 2. The summed E-state index contributed by atoms with van der Waals surface area (Å²) in [6.45, 7) is 3.76. The molecule has 0 saturated carbocycles. The van der Waals surface area contributed by atoms with Crippen molar-refractivity contribution in [2.45, 2.75) is 19.9 Å². The van der Waals surface area contributed by atoms with E-state index in [0.717, 1.165) is 16.0 Å². The lowest BCUT2D eigenvalue weighted by molar-refractivity contribution is -0.139. The number of benzene rings is 1. The van der Waals surface area contributed by atoms with Crippen molar-refractivity contribution < 1.29 is 14.3 Å². The van der Waals surface area contributed by atoms with Crippen LogP contribution >= 0.6 is 11.3 Å². The number of esters is 1. The van der Waals surface area contributed by atoms with Crippen LogP contribution in [0.15, 0.2) is 53.0 Å². The molecule has 2 amide bonds. The number of nitrogens with one attached hydrogen (secondary N) is 2. The molecule has 6 heteroatoms. The Bertz CT molecular complexity index is 796. The standard InChI is InChI=1S/C18H18N2O3S/c1-3-23-17(21)15-11(2)19-18(22)20-16(15)14-9-13(10-24-14)12-7-5-4-6-8-12/h4-10,16H,3H2,1-2H3,(H2,19,20,22). The highest BCUT2D eigenvalue weighted by atomic mass is 32.1. The number of thiophene rings is 1. The summed E-state index contributed by atoms with van der Waals surface area (Å²) < 4.78 is 5.15. The Balaban J connectivity index is 1.97. The molecule has 0 fully saturated rings.